The van der Waals surface area contributed by atoms with Crippen molar-refractivity contribution in [2.75, 3.05) is 39.4 Å². The van der Waals surface area contributed by atoms with Gasteiger partial charge in [-0.15, -0.1) is 0 Å². The van der Waals surface area contributed by atoms with Gasteiger partial charge in [-0.25, -0.2) is 0 Å². The molecule has 0 aromatic heterocycles. The van der Waals surface area contributed by atoms with Crippen LogP contribution in [-0.2, 0) is 28.7 Å². The number of carbonyl (C=O) groups is 4. The average molecular weight is 815 g/mol. The molecule has 12 heteroatoms. The molecule has 2 N–H and O–H groups in total. The third-order valence-corrected chi connectivity index (χ3v) is 9.60. The zero-order valence-corrected chi connectivity index (χ0v) is 41.1. The summed E-state index contributed by atoms with van der Waals surface area (Å²) in [4.78, 5) is 42.9. The van der Waals surface area contributed by atoms with Crippen molar-refractivity contribution >= 4 is 23.9 Å². The van der Waals surface area contributed by atoms with E-state index in [9.17, 15) is 29.4 Å². The minimum atomic E-state index is -1.22. The maximum absolute atomic E-state index is 11.3. The SMILES string of the molecule is CCCCCCCCCCCCCCCCCCOC(=O)CNCC(=O)[O-].CCCCCCCCCCCCCCCCCCOC(=O)CNCC(=O)[O-].[Na+].[Na+]. The Hall–Kier alpha value is -0.200. The summed E-state index contributed by atoms with van der Waals surface area (Å²) in [5.41, 5.74) is 0. The van der Waals surface area contributed by atoms with E-state index in [4.69, 9.17) is 9.47 Å². The summed E-state index contributed by atoms with van der Waals surface area (Å²) in [5, 5.41) is 25.3. The predicted octanol–water partition coefficient (Wildman–Crippen LogP) is 2.27. The van der Waals surface area contributed by atoms with Crippen molar-refractivity contribution < 1.29 is 98.0 Å². The minimum Gasteiger partial charge on any atom is -0.549 e. The Morgan fingerprint density at radius 1 is 0.339 bits per heavy atom. The van der Waals surface area contributed by atoms with E-state index in [0.29, 0.717) is 13.2 Å². The predicted molar refractivity (Wildman–Crippen MR) is 217 cm³/mol. The second kappa shape index (κ2) is 54.8. The quantitative estimate of drug-likeness (QED) is 0.0533. The first kappa shape index (κ1) is 62.5. The average Bonchev–Trinajstić information content (AvgIpc) is 3.14. The van der Waals surface area contributed by atoms with Gasteiger partial charge in [0.15, 0.2) is 0 Å². The van der Waals surface area contributed by atoms with E-state index < -0.39 is 23.9 Å². The van der Waals surface area contributed by atoms with Crippen LogP contribution in [0.1, 0.15) is 219 Å². The third-order valence-electron chi connectivity index (χ3n) is 9.60. The molecule has 0 atom stereocenters. The number of aliphatic carboxylic acids is 2. The first-order valence-corrected chi connectivity index (χ1v) is 22.5. The molecule has 0 saturated carbocycles. The Morgan fingerprint density at radius 3 is 0.732 bits per heavy atom. The molecule has 0 bridgehead atoms. The van der Waals surface area contributed by atoms with E-state index >= 15 is 0 Å². The monoisotopic (exact) mass is 815 g/mol. The summed E-state index contributed by atoms with van der Waals surface area (Å²) in [6.45, 7) is 4.57. The van der Waals surface area contributed by atoms with Gasteiger partial charge in [0.2, 0.25) is 0 Å². The van der Waals surface area contributed by atoms with Gasteiger partial charge in [0.1, 0.15) is 0 Å². The van der Waals surface area contributed by atoms with Crippen LogP contribution in [0.15, 0.2) is 0 Å². The molecule has 0 saturated heterocycles. The molecule has 0 fully saturated rings. The van der Waals surface area contributed by atoms with E-state index in [2.05, 4.69) is 24.5 Å². The van der Waals surface area contributed by atoms with E-state index in [1.807, 2.05) is 0 Å². The topological polar surface area (TPSA) is 157 Å². The third kappa shape index (κ3) is 60.5. The molecule has 0 aliphatic heterocycles. The molecule has 320 valence electrons. The number of carbonyl (C=O) groups excluding carboxylic acids is 4. The summed E-state index contributed by atoms with van der Waals surface area (Å²) in [5.74, 6) is -3.25. The van der Waals surface area contributed by atoms with Crippen LogP contribution in [0.4, 0.5) is 0 Å². The van der Waals surface area contributed by atoms with Gasteiger partial charge in [0.25, 0.3) is 0 Å². The van der Waals surface area contributed by atoms with Crippen LogP contribution in [0.3, 0.4) is 0 Å². The number of ether oxygens (including phenoxy) is 2. The van der Waals surface area contributed by atoms with Crippen LogP contribution in [0.5, 0.6) is 0 Å². The zero-order valence-electron chi connectivity index (χ0n) is 37.1. The molecule has 0 rings (SSSR count). The molecule has 0 aromatic carbocycles. The Kier molecular flexibility index (Phi) is 61.1. The van der Waals surface area contributed by atoms with Gasteiger partial charge in [-0.1, -0.05) is 206 Å². The fraction of sp³-hybridized carbons (Fsp3) is 0.909. The van der Waals surface area contributed by atoms with Gasteiger partial charge in [0, 0.05) is 13.1 Å². The van der Waals surface area contributed by atoms with Crippen LogP contribution in [0, 0.1) is 0 Å². The van der Waals surface area contributed by atoms with Crippen molar-refractivity contribution in [2.45, 2.75) is 219 Å². The van der Waals surface area contributed by atoms with Gasteiger partial charge in [-0.05, 0) is 12.8 Å². The number of hydrogen-bond acceptors (Lipinski definition) is 10. The molecular weight excluding hydrogens is 730 g/mol. The van der Waals surface area contributed by atoms with Crippen molar-refractivity contribution in [3.8, 4) is 0 Å². The fourth-order valence-electron chi connectivity index (χ4n) is 6.31. The molecule has 0 amide bonds. The summed E-state index contributed by atoms with van der Waals surface area (Å²) < 4.78 is 10.1. The van der Waals surface area contributed by atoms with Gasteiger partial charge < -0.3 is 39.9 Å². The van der Waals surface area contributed by atoms with Crippen LogP contribution in [0.25, 0.3) is 0 Å². The molecular formula is C44H84N2Na2O8. The smallest absolute Gasteiger partial charge is 0.549 e. The molecule has 56 heavy (non-hydrogen) atoms. The van der Waals surface area contributed by atoms with Crippen molar-refractivity contribution in [3.05, 3.63) is 0 Å². The van der Waals surface area contributed by atoms with Crippen molar-refractivity contribution in [1.82, 2.24) is 10.6 Å². The normalized spacial score (nSPS) is 10.5. The number of nitrogens with one attached hydrogen (secondary N) is 2. The summed E-state index contributed by atoms with van der Waals surface area (Å²) in [7, 11) is 0. The number of rotatable bonds is 42. The number of unbranched alkanes of at least 4 members (excludes halogenated alkanes) is 30. The van der Waals surface area contributed by atoms with Gasteiger partial charge in [-0.2, -0.15) is 0 Å². The summed E-state index contributed by atoms with van der Waals surface area (Å²) in [6, 6.07) is 0. The van der Waals surface area contributed by atoms with Crippen LogP contribution < -0.4 is 80.0 Å². The molecule has 10 nitrogen and oxygen atoms in total. The first-order chi connectivity index (χ1) is 26.3. The Morgan fingerprint density at radius 2 is 0.536 bits per heavy atom. The van der Waals surface area contributed by atoms with Crippen LogP contribution in [-0.4, -0.2) is 63.3 Å². The minimum absolute atomic E-state index is 0. The molecule has 0 radical (unpaired) electrons. The standard InChI is InChI=1S/2C22H43NO4.2Na/c2*1-2-3-4-5-6-7-8-9-10-11-12-13-14-15-16-17-18-27-22(26)20-23-19-21(24)25;;/h2*23H,2-20H2,1H3,(H,24,25);;/q;;2*+1/p-2. The van der Waals surface area contributed by atoms with E-state index in [1.165, 1.54) is 180 Å². The summed E-state index contributed by atoms with van der Waals surface area (Å²) in [6.07, 6.45) is 42.1. The van der Waals surface area contributed by atoms with E-state index in [-0.39, 0.29) is 85.3 Å². The van der Waals surface area contributed by atoms with E-state index in [0.717, 1.165) is 25.7 Å². The molecule has 0 heterocycles. The second-order valence-corrected chi connectivity index (χ2v) is 15.0. The van der Waals surface area contributed by atoms with Gasteiger partial charge in [-0.3, -0.25) is 9.59 Å². The van der Waals surface area contributed by atoms with Crippen LogP contribution >= 0.6 is 0 Å². The Labute approximate surface area is 388 Å². The first-order valence-electron chi connectivity index (χ1n) is 22.5. The zero-order chi connectivity index (χ0) is 40.0. The number of carboxylic acids is 2. The molecule has 0 aliphatic rings. The largest absolute Gasteiger partial charge is 1.00 e. The fourth-order valence-corrected chi connectivity index (χ4v) is 6.31. The number of esters is 2. The maximum atomic E-state index is 11.3. The number of hydrogen-bond donors (Lipinski definition) is 2. The molecule has 0 unspecified atom stereocenters. The van der Waals surface area contributed by atoms with Crippen LogP contribution in [0.2, 0.25) is 0 Å². The molecule has 0 aliphatic carbocycles. The Balaban J connectivity index is -0.000000466. The molecule has 0 aromatic rings. The van der Waals surface area contributed by atoms with Crippen molar-refractivity contribution in [1.29, 1.82) is 0 Å². The second-order valence-electron chi connectivity index (χ2n) is 15.0. The molecule has 0 spiro atoms. The van der Waals surface area contributed by atoms with Gasteiger partial charge >= 0.3 is 71.1 Å². The number of carboxylic acid groups (broad SMARTS) is 2. The van der Waals surface area contributed by atoms with Gasteiger partial charge in [0.05, 0.1) is 38.2 Å². The van der Waals surface area contributed by atoms with Crippen molar-refractivity contribution in [2.24, 2.45) is 0 Å². The maximum Gasteiger partial charge on any atom is 1.00 e. The Bertz CT molecular complexity index is 773. The summed E-state index contributed by atoms with van der Waals surface area (Å²) >= 11 is 0. The van der Waals surface area contributed by atoms with E-state index in [1.54, 1.807) is 0 Å². The van der Waals surface area contributed by atoms with Crippen molar-refractivity contribution in [3.63, 3.8) is 0 Å².